The smallest absolute Gasteiger partial charge is 0.266 e. The average molecular weight is 450 g/mol. The van der Waals surface area contributed by atoms with E-state index in [1.165, 1.54) is 16.7 Å². The molecule has 4 aromatic rings. The fraction of sp³-hybridized carbons (Fsp3) is 0.167. The van der Waals surface area contributed by atoms with Gasteiger partial charge in [-0.3, -0.25) is 9.36 Å². The van der Waals surface area contributed by atoms with Gasteiger partial charge in [-0.15, -0.1) is 0 Å². The largest absolute Gasteiger partial charge is 0.380 e. The molecular weight excluding hydrogens is 426 g/mol. The van der Waals surface area contributed by atoms with Crippen LogP contribution in [-0.4, -0.2) is 25.1 Å². The van der Waals surface area contributed by atoms with Crippen molar-refractivity contribution in [2.75, 3.05) is 7.11 Å². The van der Waals surface area contributed by atoms with Crippen LogP contribution in [0.3, 0.4) is 0 Å². The summed E-state index contributed by atoms with van der Waals surface area (Å²) in [6.45, 7) is 2.07. The molecule has 164 valence electrons. The summed E-state index contributed by atoms with van der Waals surface area (Å²) in [6.07, 6.45) is 0. The lowest BCUT2D eigenvalue weighted by Gasteiger charge is -2.20. The van der Waals surface area contributed by atoms with Gasteiger partial charge in [0.15, 0.2) is 0 Å². The molecule has 3 aromatic carbocycles. The van der Waals surface area contributed by atoms with Crippen LogP contribution in [0.4, 0.5) is 0 Å². The molecule has 0 fully saturated rings. The van der Waals surface area contributed by atoms with Crippen LogP contribution in [0.1, 0.15) is 24.4 Å². The van der Waals surface area contributed by atoms with Crippen molar-refractivity contribution in [3.8, 4) is 5.69 Å². The maximum absolute atomic E-state index is 13.3. The van der Waals surface area contributed by atoms with Crippen molar-refractivity contribution in [1.29, 1.82) is 0 Å². The van der Waals surface area contributed by atoms with Crippen molar-refractivity contribution in [3.05, 3.63) is 101 Å². The number of para-hydroxylation sites is 2. The highest BCUT2D eigenvalue weighted by Gasteiger charge is 2.23. The van der Waals surface area contributed by atoms with Gasteiger partial charge in [-0.25, -0.2) is 18.1 Å². The lowest BCUT2D eigenvalue weighted by atomic mass is 10.2. The highest BCUT2D eigenvalue weighted by atomic mass is 32.2. The van der Waals surface area contributed by atoms with E-state index in [1.54, 1.807) is 62.6 Å². The third-order valence-electron chi connectivity index (χ3n) is 5.08. The van der Waals surface area contributed by atoms with E-state index in [0.717, 1.165) is 5.56 Å². The van der Waals surface area contributed by atoms with Crippen LogP contribution in [0.25, 0.3) is 16.6 Å². The van der Waals surface area contributed by atoms with E-state index in [1.807, 2.05) is 18.2 Å². The van der Waals surface area contributed by atoms with Crippen LogP contribution in [0.2, 0.25) is 0 Å². The second-order valence-electron chi connectivity index (χ2n) is 7.38. The Kier molecular flexibility index (Phi) is 6.18. The Labute approximate surface area is 186 Å². The summed E-state index contributed by atoms with van der Waals surface area (Å²) in [6, 6.07) is 21.8. The van der Waals surface area contributed by atoms with E-state index in [-0.39, 0.29) is 10.5 Å². The van der Waals surface area contributed by atoms with E-state index in [0.29, 0.717) is 29.0 Å². The van der Waals surface area contributed by atoms with E-state index in [9.17, 15) is 13.2 Å². The molecule has 0 radical (unpaired) electrons. The van der Waals surface area contributed by atoms with Crippen molar-refractivity contribution in [1.82, 2.24) is 14.3 Å². The van der Waals surface area contributed by atoms with Gasteiger partial charge < -0.3 is 4.74 Å². The lowest BCUT2D eigenvalue weighted by Crippen LogP contribution is -2.33. The van der Waals surface area contributed by atoms with Crippen molar-refractivity contribution in [2.45, 2.75) is 24.5 Å². The van der Waals surface area contributed by atoms with Gasteiger partial charge in [-0.05, 0) is 48.9 Å². The van der Waals surface area contributed by atoms with Gasteiger partial charge in [0.05, 0.1) is 34.1 Å². The Morgan fingerprint density at radius 3 is 2.31 bits per heavy atom. The Bertz CT molecular complexity index is 1400. The number of fused-ring (bicyclic) bond motifs is 1. The highest BCUT2D eigenvalue weighted by molar-refractivity contribution is 7.89. The zero-order valence-corrected chi connectivity index (χ0v) is 18.5. The van der Waals surface area contributed by atoms with E-state index in [2.05, 4.69) is 9.71 Å². The predicted molar refractivity (Wildman–Crippen MR) is 123 cm³/mol. The number of nitrogens with zero attached hydrogens (tertiary/aromatic N) is 2. The number of benzene rings is 3. The van der Waals surface area contributed by atoms with Gasteiger partial charge >= 0.3 is 0 Å². The SMILES string of the molecule is COCc1ccc(S(=O)(=O)NC(C)c2nc3ccccc3c(=O)n2-c2ccccc2)cc1. The molecule has 8 heteroatoms. The number of hydrogen-bond acceptors (Lipinski definition) is 5. The molecule has 1 atom stereocenters. The second kappa shape index (κ2) is 9.04. The number of rotatable bonds is 7. The molecule has 0 saturated carbocycles. The molecule has 1 N–H and O–H groups in total. The first-order valence-corrected chi connectivity index (χ1v) is 11.6. The minimum atomic E-state index is -3.85. The summed E-state index contributed by atoms with van der Waals surface area (Å²) < 4.78 is 35.2. The van der Waals surface area contributed by atoms with Crippen molar-refractivity contribution in [3.63, 3.8) is 0 Å². The maximum Gasteiger partial charge on any atom is 0.266 e. The summed E-state index contributed by atoms with van der Waals surface area (Å²) in [5.41, 5.74) is 1.73. The van der Waals surface area contributed by atoms with E-state index < -0.39 is 16.1 Å². The molecule has 1 heterocycles. The molecular formula is C24H23N3O4S. The molecule has 0 bridgehead atoms. The number of ether oxygens (including phenoxy) is 1. The van der Waals surface area contributed by atoms with Crippen LogP contribution in [0.15, 0.2) is 88.6 Å². The minimum Gasteiger partial charge on any atom is -0.380 e. The predicted octanol–water partition coefficient (Wildman–Crippen LogP) is 3.57. The van der Waals surface area contributed by atoms with Crippen molar-refractivity contribution >= 4 is 20.9 Å². The lowest BCUT2D eigenvalue weighted by molar-refractivity contribution is 0.185. The third kappa shape index (κ3) is 4.34. The number of nitrogens with one attached hydrogen (secondary N) is 1. The Hall–Kier alpha value is -3.33. The zero-order chi connectivity index (χ0) is 22.7. The molecule has 32 heavy (non-hydrogen) atoms. The number of sulfonamides is 1. The molecule has 1 aromatic heterocycles. The van der Waals surface area contributed by atoms with E-state index >= 15 is 0 Å². The van der Waals surface area contributed by atoms with Gasteiger partial charge in [0, 0.05) is 7.11 Å². The maximum atomic E-state index is 13.3. The molecule has 1 unspecified atom stereocenters. The topological polar surface area (TPSA) is 90.3 Å². The van der Waals surface area contributed by atoms with Crippen LogP contribution in [-0.2, 0) is 21.4 Å². The Balaban J connectivity index is 1.77. The monoisotopic (exact) mass is 449 g/mol. The minimum absolute atomic E-state index is 0.124. The van der Waals surface area contributed by atoms with Crippen molar-refractivity contribution < 1.29 is 13.2 Å². The summed E-state index contributed by atoms with van der Waals surface area (Å²) in [5.74, 6) is 0.305. The fourth-order valence-corrected chi connectivity index (χ4v) is 4.75. The van der Waals surface area contributed by atoms with Crippen LogP contribution in [0, 0.1) is 0 Å². The first kappa shape index (κ1) is 21.9. The summed E-state index contributed by atoms with van der Waals surface area (Å²) in [4.78, 5) is 18.1. The van der Waals surface area contributed by atoms with E-state index in [4.69, 9.17) is 4.74 Å². The molecule has 0 spiro atoms. The van der Waals surface area contributed by atoms with Gasteiger partial charge in [-0.1, -0.05) is 42.5 Å². The quantitative estimate of drug-likeness (QED) is 0.466. The van der Waals surface area contributed by atoms with Gasteiger partial charge in [0.25, 0.3) is 5.56 Å². The van der Waals surface area contributed by atoms with Crippen LogP contribution in [0.5, 0.6) is 0 Å². The third-order valence-corrected chi connectivity index (χ3v) is 6.64. The average Bonchev–Trinajstić information content (AvgIpc) is 2.80. The molecule has 0 aliphatic carbocycles. The second-order valence-corrected chi connectivity index (χ2v) is 9.10. The summed E-state index contributed by atoms with van der Waals surface area (Å²) in [5, 5.41) is 0.462. The molecule has 7 nitrogen and oxygen atoms in total. The molecule has 4 rings (SSSR count). The molecule has 0 amide bonds. The van der Waals surface area contributed by atoms with Gasteiger partial charge in [-0.2, -0.15) is 0 Å². The highest BCUT2D eigenvalue weighted by Crippen LogP contribution is 2.20. The first-order valence-electron chi connectivity index (χ1n) is 10.1. The molecule has 0 saturated heterocycles. The number of methoxy groups -OCH3 is 1. The molecule has 0 aliphatic rings. The van der Waals surface area contributed by atoms with Gasteiger partial charge in [0.1, 0.15) is 5.82 Å². The Morgan fingerprint density at radius 2 is 1.62 bits per heavy atom. The normalized spacial score (nSPS) is 12.7. The molecule has 0 aliphatic heterocycles. The van der Waals surface area contributed by atoms with Gasteiger partial charge in [0.2, 0.25) is 10.0 Å². The van der Waals surface area contributed by atoms with Crippen molar-refractivity contribution in [2.24, 2.45) is 0 Å². The standard InChI is InChI=1S/C24H23N3O4S/c1-17(26-32(29,30)20-14-12-18(13-15-20)16-31-2)23-25-22-11-7-6-10-21(22)24(28)27(23)19-8-4-3-5-9-19/h3-15,17,26H,16H2,1-2H3. The Morgan fingerprint density at radius 1 is 0.969 bits per heavy atom. The summed E-state index contributed by atoms with van der Waals surface area (Å²) in [7, 11) is -2.27. The number of hydrogen-bond donors (Lipinski definition) is 1. The first-order chi connectivity index (χ1) is 15.4. The summed E-state index contributed by atoms with van der Waals surface area (Å²) >= 11 is 0. The fourth-order valence-electron chi connectivity index (χ4n) is 3.55. The zero-order valence-electron chi connectivity index (χ0n) is 17.7. The number of aromatic nitrogens is 2. The van der Waals surface area contributed by atoms with Crippen LogP contribution >= 0.6 is 0 Å². The van der Waals surface area contributed by atoms with Crippen LogP contribution < -0.4 is 10.3 Å².